The number of ether oxygens (including phenoxy) is 1. The second-order valence-corrected chi connectivity index (χ2v) is 12.0. The molecule has 0 aliphatic heterocycles. The molecule has 2 aliphatic carbocycles. The Morgan fingerprint density at radius 3 is 2.42 bits per heavy atom. The van der Waals surface area contributed by atoms with E-state index in [0.29, 0.717) is 55.2 Å². The van der Waals surface area contributed by atoms with E-state index < -0.39 is 20.7 Å². The highest BCUT2D eigenvalue weighted by atomic mass is 32.2. The number of hydrogen-bond acceptors (Lipinski definition) is 8. The molecule has 0 radical (unpaired) electrons. The van der Waals surface area contributed by atoms with Gasteiger partial charge in [0.05, 0.1) is 41.1 Å². The minimum atomic E-state index is -3.51. The summed E-state index contributed by atoms with van der Waals surface area (Å²) < 4.78 is 33.1. The fourth-order valence-electron chi connectivity index (χ4n) is 5.04. The largest absolute Gasteiger partial charge is 0.477 e. The zero-order valence-electron chi connectivity index (χ0n) is 21.9. The maximum atomic E-state index is 14.0. The van der Waals surface area contributed by atoms with Gasteiger partial charge in [-0.25, -0.2) is 23.4 Å². The van der Waals surface area contributed by atoms with Crippen molar-refractivity contribution >= 4 is 27.4 Å². The molecule has 0 unspecified atom stereocenters. The molecule has 1 saturated carbocycles. The van der Waals surface area contributed by atoms with Gasteiger partial charge < -0.3 is 10.1 Å². The molecule has 1 fully saturated rings. The van der Waals surface area contributed by atoms with Crippen molar-refractivity contribution in [3.8, 4) is 17.1 Å². The number of carbonyl (C=O) groups excluding carboxylic acids is 1. The van der Waals surface area contributed by atoms with Crippen LogP contribution >= 0.6 is 0 Å². The van der Waals surface area contributed by atoms with Crippen LogP contribution in [0, 0.1) is 0 Å². The third-order valence-electron chi connectivity index (χ3n) is 7.25. The summed E-state index contributed by atoms with van der Waals surface area (Å²) in [6, 6.07) is 16.8. The summed E-state index contributed by atoms with van der Waals surface area (Å²) in [4.78, 5) is 31.3. The molecule has 2 aromatic heterocycles. The Bertz CT molecular complexity index is 1650. The van der Waals surface area contributed by atoms with Crippen molar-refractivity contribution in [1.82, 2.24) is 19.9 Å². The van der Waals surface area contributed by atoms with Crippen molar-refractivity contribution in [3.63, 3.8) is 0 Å². The third-order valence-corrected chi connectivity index (χ3v) is 9.09. The number of sulfonamides is 1. The summed E-state index contributed by atoms with van der Waals surface area (Å²) in [5.41, 5.74) is 3.64. The van der Waals surface area contributed by atoms with Gasteiger partial charge in [-0.05, 0) is 55.9 Å². The molecule has 2 heterocycles. The summed E-state index contributed by atoms with van der Waals surface area (Å²) in [5, 5.41) is 2.67. The number of fused-ring (bicyclic) bond motifs is 1. The maximum absolute atomic E-state index is 14.0. The second-order valence-electron chi connectivity index (χ2n) is 10.0. The Kier molecular flexibility index (Phi) is 6.67. The Morgan fingerprint density at radius 1 is 1.02 bits per heavy atom. The van der Waals surface area contributed by atoms with Gasteiger partial charge in [0, 0.05) is 17.3 Å². The fourth-order valence-corrected chi connectivity index (χ4v) is 6.36. The number of carbonyl (C=O) groups is 1. The average molecular weight is 557 g/mol. The molecule has 1 amide bonds. The van der Waals surface area contributed by atoms with E-state index in [1.807, 2.05) is 55.5 Å². The first-order valence-electron chi connectivity index (χ1n) is 13.1. The molecule has 2 N–H and O–H groups in total. The highest BCUT2D eigenvalue weighted by Gasteiger charge is 2.47. The number of hydrogen-bond donors (Lipinski definition) is 2. The van der Waals surface area contributed by atoms with Crippen molar-refractivity contribution in [2.24, 2.45) is 0 Å². The van der Waals surface area contributed by atoms with Gasteiger partial charge in [-0.15, -0.1) is 0 Å². The number of amides is 1. The molecule has 11 heteroatoms. The summed E-state index contributed by atoms with van der Waals surface area (Å²) >= 11 is 0. The minimum absolute atomic E-state index is 0.166. The molecule has 2 aliphatic rings. The quantitative estimate of drug-likeness (QED) is 0.317. The lowest BCUT2D eigenvalue weighted by molar-refractivity contribution is -0.121. The normalized spacial score (nSPS) is 15.7. The topological polar surface area (TPSA) is 136 Å². The van der Waals surface area contributed by atoms with Gasteiger partial charge in [-0.2, -0.15) is 0 Å². The number of nitrogens with one attached hydrogen (secondary N) is 2. The molecule has 0 bridgehead atoms. The van der Waals surface area contributed by atoms with E-state index in [1.54, 1.807) is 18.5 Å². The van der Waals surface area contributed by atoms with Crippen molar-refractivity contribution in [2.75, 3.05) is 16.6 Å². The third kappa shape index (κ3) is 5.12. The molecule has 204 valence electrons. The van der Waals surface area contributed by atoms with Crippen molar-refractivity contribution in [2.45, 2.75) is 43.3 Å². The molecular weight excluding hydrogens is 528 g/mol. The lowest BCUT2D eigenvalue weighted by atomic mass is 9.79. The highest BCUT2D eigenvalue weighted by Crippen LogP contribution is 2.41. The number of rotatable bonds is 9. The summed E-state index contributed by atoms with van der Waals surface area (Å²) in [6.45, 7) is 2.38. The number of aromatic nitrogens is 4. The van der Waals surface area contributed by atoms with E-state index in [1.165, 1.54) is 6.33 Å². The van der Waals surface area contributed by atoms with Crippen molar-refractivity contribution in [3.05, 3.63) is 90.1 Å². The van der Waals surface area contributed by atoms with E-state index >= 15 is 0 Å². The predicted octanol–water partition coefficient (Wildman–Crippen LogP) is 3.91. The van der Waals surface area contributed by atoms with E-state index in [9.17, 15) is 13.2 Å². The first-order valence-corrected chi connectivity index (χ1v) is 14.7. The lowest BCUT2D eigenvalue weighted by Crippen LogP contribution is -2.42. The van der Waals surface area contributed by atoms with Crippen LogP contribution < -0.4 is 14.8 Å². The van der Waals surface area contributed by atoms with Crippen LogP contribution in [0.1, 0.15) is 36.6 Å². The van der Waals surface area contributed by atoms with E-state index in [4.69, 9.17) is 4.74 Å². The monoisotopic (exact) mass is 556 g/mol. The molecule has 4 aromatic rings. The molecule has 2 aromatic carbocycles. The minimum Gasteiger partial charge on any atom is -0.477 e. The standard InChI is InChI=1S/C29H28N6O4S/c1-2-39-27-17-30-16-24(34-27)19-7-9-22(10-8-19)33-28(36)29(14-20-5-3-4-6-21(20)15-29)25-13-26(32-18-31-25)35-40(37,38)23-11-12-23/h3-10,13,16-18,23H,2,11-12,14-15H2,1H3,(H,33,36)(H,31,32,35). The van der Waals surface area contributed by atoms with Crippen molar-refractivity contribution in [1.29, 1.82) is 0 Å². The maximum Gasteiger partial charge on any atom is 0.237 e. The highest BCUT2D eigenvalue weighted by molar-refractivity contribution is 7.93. The molecule has 40 heavy (non-hydrogen) atoms. The van der Waals surface area contributed by atoms with Gasteiger partial charge in [-0.3, -0.25) is 14.5 Å². The number of nitrogens with zero attached hydrogens (tertiary/aromatic N) is 4. The first kappa shape index (κ1) is 25.9. The second kappa shape index (κ2) is 10.3. The molecule has 0 saturated heterocycles. The molecule has 10 nitrogen and oxygen atoms in total. The summed E-state index contributed by atoms with van der Waals surface area (Å²) in [5.74, 6) is 0.382. The smallest absolute Gasteiger partial charge is 0.237 e. The first-order chi connectivity index (χ1) is 19.4. The van der Waals surface area contributed by atoms with Crippen LogP contribution in [0.4, 0.5) is 11.5 Å². The molecule has 0 atom stereocenters. The lowest BCUT2D eigenvalue weighted by Gasteiger charge is -2.27. The van der Waals surface area contributed by atoms with E-state index in [-0.39, 0.29) is 11.7 Å². The molecule has 0 spiro atoms. The van der Waals surface area contributed by atoms with Crippen LogP contribution in [0.25, 0.3) is 11.3 Å². The average Bonchev–Trinajstić information content (AvgIpc) is 3.75. The number of benzene rings is 2. The van der Waals surface area contributed by atoms with Gasteiger partial charge >= 0.3 is 0 Å². The van der Waals surface area contributed by atoms with Gasteiger partial charge in [0.2, 0.25) is 21.8 Å². The van der Waals surface area contributed by atoms with Crippen LogP contribution in [0.2, 0.25) is 0 Å². The Hall–Kier alpha value is -4.38. The summed E-state index contributed by atoms with van der Waals surface area (Å²) in [7, 11) is -3.51. The van der Waals surface area contributed by atoms with Crippen LogP contribution in [-0.4, -0.2) is 46.1 Å². The fraction of sp³-hybridized carbons (Fsp3) is 0.276. The van der Waals surface area contributed by atoms with E-state index in [0.717, 1.165) is 16.7 Å². The number of anilines is 2. The van der Waals surface area contributed by atoms with Crippen LogP contribution in [0.3, 0.4) is 0 Å². The summed E-state index contributed by atoms with van der Waals surface area (Å²) in [6.07, 6.45) is 6.67. The molecule has 6 rings (SSSR count). The molecular formula is C29H28N6O4S. The van der Waals surface area contributed by atoms with E-state index in [2.05, 4.69) is 30.0 Å². The van der Waals surface area contributed by atoms with Gasteiger partial charge in [0.25, 0.3) is 0 Å². The SMILES string of the molecule is CCOc1cncc(-c2ccc(NC(=O)C3(c4cc(NS(=O)(=O)C5CC5)ncn4)Cc4ccccc4C3)cc2)n1. The van der Waals surface area contributed by atoms with Crippen molar-refractivity contribution < 1.29 is 17.9 Å². The Morgan fingerprint density at radius 2 is 1.75 bits per heavy atom. The van der Waals surface area contributed by atoms with Crippen LogP contribution in [0.15, 0.2) is 73.3 Å². The predicted molar refractivity (Wildman–Crippen MR) is 150 cm³/mol. The van der Waals surface area contributed by atoms with Gasteiger partial charge in [-0.1, -0.05) is 36.4 Å². The Labute approximate surface area is 232 Å². The Balaban J connectivity index is 1.28. The van der Waals surface area contributed by atoms with Crippen LogP contribution in [-0.2, 0) is 33.1 Å². The van der Waals surface area contributed by atoms with Gasteiger partial charge in [0.1, 0.15) is 12.1 Å². The zero-order valence-corrected chi connectivity index (χ0v) is 22.7. The van der Waals surface area contributed by atoms with Gasteiger partial charge in [0.15, 0.2) is 0 Å². The zero-order chi connectivity index (χ0) is 27.7. The van der Waals surface area contributed by atoms with Crippen LogP contribution in [0.5, 0.6) is 5.88 Å².